The van der Waals surface area contributed by atoms with E-state index in [4.69, 9.17) is 9.84 Å². The number of ether oxygens (including phenoxy) is 1. The van der Waals surface area contributed by atoms with Crippen LogP contribution in [0.3, 0.4) is 0 Å². The van der Waals surface area contributed by atoms with Crippen molar-refractivity contribution in [3.05, 3.63) is 114 Å². The second-order valence-corrected chi connectivity index (χ2v) is 8.74. The summed E-state index contributed by atoms with van der Waals surface area (Å²) in [5, 5.41) is 7.32. The van der Waals surface area contributed by atoms with Crippen LogP contribution in [-0.4, -0.2) is 16.6 Å². The molecule has 31 heavy (non-hydrogen) atoms. The van der Waals surface area contributed by atoms with Gasteiger partial charge in [0.25, 0.3) is 0 Å². The largest absolute Gasteiger partial charge is 0.447 e. The molecule has 3 aromatic carbocycles. The molecule has 0 amide bonds. The molecule has 0 saturated heterocycles. The fourth-order valence-corrected chi connectivity index (χ4v) is 5.55. The number of allylic oxidation sites excluding steroid dienone is 1. The molecule has 6 rings (SSSR count). The highest BCUT2D eigenvalue weighted by atomic mass is 16.6. The lowest BCUT2D eigenvalue weighted by Crippen LogP contribution is -2.55. The summed E-state index contributed by atoms with van der Waals surface area (Å²) in [5.41, 5.74) is 4.31. The first-order chi connectivity index (χ1) is 15.4. The molecule has 0 aromatic heterocycles. The van der Waals surface area contributed by atoms with Gasteiger partial charge < -0.3 is 4.74 Å². The molecule has 3 heteroatoms. The molecule has 3 aliphatic rings. The normalized spacial score (nSPS) is 26.9. The molecular formula is C28H26N2O. The van der Waals surface area contributed by atoms with Gasteiger partial charge >= 0.3 is 0 Å². The van der Waals surface area contributed by atoms with E-state index in [0.29, 0.717) is 11.8 Å². The lowest BCUT2D eigenvalue weighted by atomic mass is 9.68. The maximum atomic E-state index is 6.88. The smallest absolute Gasteiger partial charge is 0.240 e. The first-order valence-electron chi connectivity index (χ1n) is 11.3. The van der Waals surface area contributed by atoms with Gasteiger partial charge in [0, 0.05) is 23.8 Å². The zero-order valence-corrected chi connectivity index (χ0v) is 17.5. The highest BCUT2D eigenvalue weighted by Gasteiger charge is 2.58. The lowest BCUT2D eigenvalue weighted by molar-refractivity contribution is -0.116. The quantitative estimate of drug-likeness (QED) is 0.502. The van der Waals surface area contributed by atoms with Crippen molar-refractivity contribution in [3.8, 4) is 0 Å². The van der Waals surface area contributed by atoms with Crippen molar-refractivity contribution in [2.24, 2.45) is 11.0 Å². The molecule has 2 heterocycles. The first-order valence-corrected chi connectivity index (χ1v) is 11.3. The maximum Gasteiger partial charge on any atom is 0.240 e. The van der Waals surface area contributed by atoms with E-state index in [2.05, 4.69) is 96.0 Å². The Morgan fingerprint density at radius 2 is 1.42 bits per heavy atom. The Bertz CT molecular complexity index is 1120. The molecule has 154 valence electrons. The van der Waals surface area contributed by atoms with Crippen LogP contribution in [0.25, 0.3) is 5.70 Å². The fourth-order valence-electron chi connectivity index (χ4n) is 5.55. The third-order valence-electron chi connectivity index (χ3n) is 6.98. The van der Waals surface area contributed by atoms with Crippen molar-refractivity contribution in [2.45, 2.75) is 37.3 Å². The van der Waals surface area contributed by atoms with Crippen molar-refractivity contribution < 1.29 is 4.74 Å². The van der Waals surface area contributed by atoms with Gasteiger partial charge in [0.1, 0.15) is 0 Å². The van der Waals surface area contributed by atoms with Gasteiger partial charge in [-0.1, -0.05) is 91.4 Å². The van der Waals surface area contributed by atoms with Crippen LogP contribution in [0.15, 0.2) is 102 Å². The summed E-state index contributed by atoms with van der Waals surface area (Å²) in [7, 11) is 0. The molecule has 1 aliphatic carbocycles. The molecule has 1 saturated carbocycles. The van der Waals surface area contributed by atoms with E-state index in [-0.39, 0.29) is 0 Å². The zero-order chi connectivity index (χ0) is 20.7. The van der Waals surface area contributed by atoms with Gasteiger partial charge in [0.2, 0.25) is 11.6 Å². The van der Waals surface area contributed by atoms with E-state index in [0.717, 1.165) is 36.4 Å². The zero-order valence-electron chi connectivity index (χ0n) is 17.5. The van der Waals surface area contributed by atoms with Crippen LogP contribution in [0.1, 0.15) is 48.3 Å². The van der Waals surface area contributed by atoms with Crippen molar-refractivity contribution in [1.29, 1.82) is 0 Å². The average molecular weight is 407 g/mol. The Balaban J connectivity index is 1.53. The molecule has 0 N–H and O–H groups in total. The fraction of sp³-hybridized carbons (Fsp3) is 0.250. The monoisotopic (exact) mass is 406 g/mol. The highest BCUT2D eigenvalue weighted by Crippen LogP contribution is 2.55. The summed E-state index contributed by atoms with van der Waals surface area (Å²) >= 11 is 0. The molecule has 1 spiro atoms. The van der Waals surface area contributed by atoms with Crippen LogP contribution in [0, 0.1) is 5.92 Å². The lowest BCUT2D eigenvalue weighted by Gasteiger charge is -2.51. The molecule has 1 fully saturated rings. The number of nitrogens with zero attached hydrogens (tertiary/aromatic N) is 2. The van der Waals surface area contributed by atoms with E-state index in [9.17, 15) is 0 Å². The molecule has 2 aliphatic heterocycles. The highest BCUT2D eigenvalue weighted by molar-refractivity contribution is 5.96. The van der Waals surface area contributed by atoms with Crippen LogP contribution in [0.4, 0.5) is 0 Å². The predicted molar refractivity (Wildman–Crippen MR) is 124 cm³/mol. The minimum absolute atomic E-state index is 0.304. The second-order valence-electron chi connectivity index (χ2n) is 8.74. The van der Waals surface area contributed by atoms with Gasteiger partial charge in [-0.25, -0.2) is 5.01 Å². The van der Waals surface area contributed by atoms with Crippen LogP contribution >= 0.6 is 0 Å². The topological polar surface area (TPSA) is 24.8 Å². The Morgan fingerprint density at radius 3 is 2.13 bits per heavy atom. The molecule has 3 aromatic rings. The van der Waals surface area contributed by atoms with Gasteiger partial charge in [-0.3, -0.25) is 0 Å². The standard InChI is InChI=1S/C28H26N2O/c1-4-12-21(13-5-1)24-20-26(22-14-6-2-7-15-22)30-28(19-11-10-18-25(24)28)31-27(29-30)23-16-8-3-9-17-23/h1-9,12-17,20,24-25H,10-11,18-19H2/t24-,25+,28-/m0/s1. The van der Waals surface area contributed by atoms with E-state index in [1.165, 1.54) is 17.5 Å². The van der Waals surface area contributed by atoms with E-state index >= 15 is 0 Å². The predicted octanol–water partition coefficient (Wildman–Crippen LogP) is 6.41. The minimum Gasteiger partial charge on any atom is -0.447 e. The third kappa shape index (κ3) is 2.99. The molecule has 0 radical (unpaired) electrons. The Morgan fingerprint density at radius 1 is 0.774 bits per heavy atom. The molecule has 3 nitrogen and oxygen atoms in total. The Hall–Kier alpha value is -3.33. The van der Waals surface area contributed by atoms with Gasteiger partial charge in [-0.2, -0.15) is 0 Å². The first kappa shape index (κ1) is 18.4. The third-order valence-corrected chi connectivity index (χ3v) is 6.98. The van der Waals surface area contributed by atoms with Crippen molar-refractivity contribution >= 4 is 11.6 Å². The van der Waals surface area contributed by atoms with Crippen molar-refractivity contribution in [2.75, 3.05) is 0 Å². The summed E-state index contributed by atoms with van der Waals surface area (Å²) in [6.45, 7) is 0. The summed E-state index contributed by atoms with van der Waals surface area (Å²) < 4.78 is 6.88. The minimum atomic E-state index is -0.427. The number of benzene rings is 3. The van der Waals surface area contributed by atoms with Gasteiger partial charge in [-0.15, -0.1) is 5.10 Å². The summed E-state index contributed by atoms with van der Waals surface area (Å²) in [5.74, 6) is 1.40. The van der Waals surface area contributed by atoms with Crippen molar-refractivity contribution in [3.63, 3.8) is 0 Å². The van der Waals surface area contributed by atoms with Crippen LogP contribution in [-0.2, 0) is 4.74 Å². The average Bonchev–Trinajstić information content (AvgIpc) is 3.24. The van der Waals surface area contributed by atoms with Crippen LogP contribution in [0.2, 0.25) is 0 Å². The van der Waals surface area contributed by atoms with Gasteiger partial charge in [0.15, 0.2) is 0 Å². The van der Waals surface area contributed by atoms with Gasteiger partial charge in [-0.05, 0) is 36.1 Å². The molecular weight excluding hydrogens is 380 g/mol. The SMILES string of the molecule is C1=C(c2ccccc2)N2N=C(c3ccccc3)O[C@]23CCCC[C@@H]3[C@@H]1c1ccccc1. The van der Waals surface area contributed by atoms with E-state index in [1.54, 1.807) is 0 Å². The van der Waals surface area contributed by atoms with Crippen LogP contribution in [0.5, 0.6) is 0 Å². The number of hydrogen-bond acceptors (Lipinski definition) is 3. The number of hydrazone groups is 1. The van der Waals surface area contributed by atoms with E-state index in [1.807, 2.05) is 6.07 Å². The summed E-state index contributed by atoms with van der Waals surface area (Å²) in [6, 6.07) is 31.9. The number of hydrogen-bond donors (Lipinski definition) is 0. The number of rotatable bonds is 3. The molecule has 0 unspecified atom stereocenters. The molecule has 3 atom stereocenters. The summed E-state index contributed by atoms with van der Waals surface area (Å²) in [6.07, 6.45) is 6.97. The Labute approximate surface area is 183 Å². The Kier molecular flexibility index (Phi) is 4.41. The van der Waals surface area contributed by atoms with Gasteiger partial charge in [0.05, 0.1) is 5.70 Å². The van der Waals surface area contributed by atoms with E-state index < -0.39 is 5.72 Å². The maximum absolute atomic E-state index is 6.88. The van der Waals surface area contributed by atoms with Crippen molar-refractivity contribution in [1.82, 2.24) is 5.01 Å². The second kappa shape index (κ2) is 7.42. The molecule has 0 bridgehead atoms. The van der Waals surface area contributed by atoms with Crippen LogP contribution < -0.4 is 0 Å². The summed E-state index contributed by atoms with van der Waals surface area (Å²) in [4.78, 5) is 0.